The van der Waals surface area contributed by atoms with Crippen LogP contribution >= 0.6 is 25.3 Å². The van der Waals surface area contributed by atoms with Gasteiger partial charge in [-0.25, -0.2) is 4.79 Å². The molecule has 0 aromatic carbocycles. The standard InChI is InChI=1S/C12H17N3O2S2/c1-7-4-14(3)9-8(7)13-11(17)15(10(9)16)5-12(2,19)6-18/h4,18-19H,5-6H2,1-3H3,(H,13,17). The second-order valence-electron chi connectivity index (χ2n) is 5.12. The molecule has 2 heterocycles. The van der Waals surface area contributed by atoms with Gasteiger partial charge in [-0.15, -0.1) is 0 Å². The highest BCUT2D eigenvalue weighted by molar-refractivity contribution is 7.85. The average Bonchev–Trinajstić information content (AvgIpc) is 2.60. The minimum Gasteiger partial charge on any atom is -0.345 e. The van der Waals surface area contributed by atoms with E-state index in [1.165, 1.54) is 4.57 Å². The molecule has 0 radical (unpaired) electrons. The molecule has 0 aliphatic carbocycles. The van der Waals surface area contributed by atoms with Gasteiger partial charge >= 0.3 is 5.69 Å². The molecule has 0 amide bonds. The highest BCUT2D eigenvalue weighted by Gasteiger charge is 2.21. The topological polar surface area (TPSA) is 59.8 Å². The molecule has 0 saturated carbocycles. The van der Waals surface area contributed by atoms with Crippen LogP contribution in [0.5, 0.6) is 0 Å². The first-order valence-electron chi connectivity index (χ1n) is 5.89. The molecular weight excluding hydrogens is 282 g/mol. The lowest BCUT2D eigenvalue weighted by molar-refractivity contribution is 0.543. The van der Waals surface area contributed by atoms with Crippen LogP contribution in [0.4, 0.5) is 0 Å². The fourth-order valence-electron chi connectivity index (χ4n) is 2.13. The van der Waals surface area contributed by atoms with Crippen LogP contribution in [0.25, 0.3) is 11.0 Å². The van der Waals surface area contributed by atoms with Crippen molar-refractivity contribution >= 4 is 36.3 Å². The van der Waals surface area contributed by atoms with Crippen molar-refractivity contribution in [2.75, 3.05) is 5.75 Å². The lowest BCUT2D eigenvalue weighted by atomic mass is 10.2. The van der Waals surface area contributed by atoms with Crippen molar-refractivity contribution in [3.05, 3.63) is 32.6 Å². The van der Waals surface area contributed by atoms with Crippen molar-refractivity contribution in [1.82, 2.24) is 14.1 Å². The Morgan fingerprint density at radius 2 is 2.05 bits per heavy atom. The van der Waals surface area contributed by atoms with Gasteiger partial charge in [0.05, 0.1) is 5.52 Å². The van der Waals surface area contributed by atoms with Gasteiger partial charge in [-0.05, 0) is 19.4 Å². The van der Waals surface area contributed by atoms with E-state index < -0.39 is 10.4 Å². The van der Waals surface area contributed by atoms with Gasteiger partial charge in [0.2, 0.25) is 0 Å². The van der Waals surface area contributed by atoms with Gasteiger partial charge in [-0.3, -0.25) is 9.36 Å². The van der Waals surface area contributed by atoms with Crippen molar-refractivity contribution in [2.24, 2.45) is 7.05 Å². The summed E-state index contributed by atoms with van der Waals surface area (Å²) in [5.41, 5.74) is 1.27. The van der Waals surface area contributed by atoms with Crippen molar-refractivity contribution in [3.8, 4) is 0 Å². The predicted molar refractivity (Wildman–Crippen MR) is 83.8 cm³/mol. The number of rotatable bonds is 3. The van der Waals surface area contributed by atoms with E-state index in [2.05, 4.69) is 30.2 Å². The molecule has 0 fully saturated rings. The molecule has 5 nitrogen and oxygen atoms in total. The molecule has 1 unspecified atom stereocenters. The Balaban J connectivity index is 2.74. The molecule has 2 rings (SSSR count). The van der Waals surface area contributed by atoms with Crippen molar-refractivity contribution in [1.29, 1.82) is 0 Å². The van der Waals surface area contributed by atoms with Crippen LogP contribution in [0, 0.1) is 6.92 Å². The number of H-pyrrole nitrogens is 1. The summed E-state index contributed by atoms with van der Waals surface area (Å²) in [4.78, 5) is 27.3. The lowest BCUT2D eigenvalue weighted by Crippen LogP contribution is -2.41. The molecule has 19 heavy (non-hydrogen) atoms. The number of aromatic amines is 1. The predicted octanol–water partition coefficient (Wildman–Crippen LogP) is 0.955. The monoisotopic (exact) mass is 299 g/mol. The number of nitrogens with zero attached hydrogens (tertiary/aromatic N) is 2. The summed E-state index contributed by atoms with van der Waals surface area (Å²) in [7, 11) is 1.79. The van der Waals surface area contributed by atoms with E-state index in [-0.39, 0.29) is 12.1 Å². The summed E-state index contributed by atoms with van der Waals surface area (Å²) >= 11 is 8.61. The fraction of sp³-hybridized carbons (Fsp3) is 0.500. The average molecular weight is 299 g/mol. The number of aromatic nitrogens is 3. The maximum Gasteiger partial charge on any atom is 0.328 e. The van der Waals surface area contributed by atoms with Gasteiger partial charge < -0.3 is 9.55 Å². The van der Waals surface area contributed by atoms with Crippen molar-refractivity contribution in [2.45, 2.75) is 25.1 Å². The van der Waals surface area contributed by atoms with E-state index >= 15 is 0 Å². The van der Waals surface area contributed by atoms with Gasteiger partial charge in [0.15, 0.2) is 0 Å². The molecule has 1 N–H and O–H groups in total. The van der Waals surface area contributed by atoms with E-state index in [0.717, 1.165) is 5.56 Å². The SMILES string of the molecule is Cc1cn(C)c2c(=O)n(CC(C)(S)CS)c(=O)[nH]c12. The van der Waals surface area contributed by atoms with Gasteiger partial charge in [0.1, 0.15) is 5.52 Å². The zero-order valence-electron chi connectivity index (χ0n) is 11.1. The summed E-state index contributed by atoms with van der Waals surface area (Å²) < 4.78 is 2.40. The summed E-state index contributed by atoms with van der Waals surface area (Å²) in [5, 5.41) is 0. The normalized spacial score (nSPS) is 14.8. The molecule has 0 spiro atoms. The van der Waals surface area contributed by atoms with Crippen LogP contribution < -0.4 is 11.2 Å². The maximum absolute atomic E-state index is 12.4. The van der Waals surface area contributed by atoms with Gasteiger partial charge in [-0.2, -0.15) is 25.3 Å². The first-order chi connectivity index (χ1) is 8.76. The van der Waals surface area contributed by atoms with Crippen LogP contribution in [0.3, 0.4) is 0 Å². The van der Waals surface area contributed by atoms with E-state index in [9.17, 15) is 9.59 Å². The third-order valence-corrected chi connectivity index (χ3v) is 4.38. The minimum absolute atomic E-state index is 0.216. The third kappa shape index (κ3) is 2.49. The van der Waals surface area contributed by atoms with E-state index in [0.29, 0.717) is 16.8 Å². The highest BCUT2D eigenvalue weighted by atomic mass is 32.1. The molecular formula is C12H17N3O2S2. The van der Waals surface area contributed by atoms with Gasteiger partial charge in [-0.1, -0.05) is 0 Å². The van der Waals surface area contributed by atoms with Crippen LogP contribution in [-0.4, -0.2) is 24.6 Å². The third-order valence-electron chi connectivity index (χ3n) is 3.14. The number of thiol groups is 2. The second kappa shape index (κ2) is 4.79. The quantitative estimate of drug-likeness (QED) is 0.739. The number of fused-ring (bicyclic) bond motifs is 1. The summed E-state index contributed by atoms with van der Waals surface area (Å²) in [5.74, 6) is 0.464. The smallest absolute Gasteiger partial charge is 0.328 e. The van der Waals surface area contributed by atoms with Gasteiger partial charge in [0, 0.05) is 30.3 Å². The summed E-state index contributed by atoms with van der Waals surface area (Å²) in [6.45, 7) is 3.92. The van der Waals surface area contributed by atoms with Crippen molar-refractivity contribution in [3.63, 3.8) is 0 Å². The molecule has 2 aromatic heterocycles. The second-order valence-corrected chi connectivity index (χ2v) is 6.52. The lowest BCUT2D eigenvalue weighted by Gasteiger charge is -2.21. The van der Waals surface area contributed by atoms with E-state index in [1.807, 2.05) is 20.0 Å². The Morgan fingerprint density at radius 1 is 1.42 bits per heavy atom. The largest absolute Gasteiger partial charge is 0.345 e. The van der Waals surface area contributed by atoms with Crippen molar-refractivity contribution < 1.29 is 0 Å². The maximum atomic E-state index is 12.4. The molecule has 0 bridgehead atoms. The Bertz CT molecular complexity index is 740. The number of nitrogens with one attached hydrogen (secondary N) is 1. The van der Waals surface area contributed by atoms with Crippen LogP contribution in [0.2, 0.25) is 0 Å². The molecule has 0 aliphatic heterocycles. The fourth-order valence-corrected chi connectivity index (χ4v) is 2.37. The van der Waals surface area contributed by atoms with E-state index in [1.54, 1.807) is 11.6 Å². The Morgan fingerprint density at radius 3 is 2.63 bits per heavy atom. The highest BCUT2D eigenvalue weighted by Crippen LogP contribution is 2.17. The summed E-state index contributed by atoms with van der Waals surface area (Å²) in [6, 6.07) is 0. The van der Waals surface area contributed by atoms with Crippen LogP contribution in [0.15, 0.2) is 15.8 Å². The Hall–Kier alpha value is -1.08. The molecule has 104 valence electrons. The van der Waals surface area contributed by atoms with Gasteiger partial charge in [0.25, 0.3) is 5.56 Å². The first-order valence-corrected chi connectivity index (χ1v) is 6.97. The number of aryl methyl sites for hydroxylation is 2. The zero-order valence-corrected chi connectivity index (χ0v) is 12.9. The van der Waals surface area contributed by atoms with Crippen LogP contribution in [0.1, 0.15) is 12.5 Å². The molecule has 7 heteroatoms. The molecule has 1 atom stereocenters. The molecule has 0 aliphatic rings. The number of hydrogen-bond acceptors (Lipinski definition) is 4. The van der Waals surface area contributed by atoms with Crippen LogP contribution in [-0.2, 0) is 13.6 Å². The van der Waals surface area contributed by atoms with E-state index in [4.69, 9.17) is 0 Å². The number of hydrogen-bond donors (Lipinski definition) is 3. The summed E-state index contributed by atoms with van der Waals surface area (Å²) in [6.07, 6.45) is 1.82. The molecule has 0 saturated heterocycles. The molecule has 2 aromatic rings. The zero-order chi connectivity index (χ0) is 14.4. The first kappa shape index (κ1) is 14.3. The minimum atomic E-state index is -0.520. The Labute approximate surface area is 121 Å². The Kier molecular flexibility index (Phi) is 3.61.